The molecule has 6 nitrogen and oxygen atoms in total. The van der Waals surface area contributed by atoms with Crippen molar-refractivity contribution in [3.63, 3.8) is 0 Å². The van der Waals surface area contributed by atoms with E-state index in [4.69, 9.17) is 13.6 Å². The van der Waals surface area contributed by atoms with Crippen LogP contribution in [0, 0.1) is 5.82 Å². The quantitative estimate of drug-likeness (QED) is 0.507. The molecule has 0 radical (unpaired) electrons. The fourth-order valence-corrected chi connectivity index (χ4v) is 3.86. The summed E-state index contributed by atoms with van der Waals surface area (Å²) >= 11 is 0. The minimum atomic E-state index is -0.701. The molecule has 3 heterocycles. The van der Waals surface area contributed by atoms with Gasteiger partial charge in [0, 0.05) is 0 Å². The van der Waals surface area contributed by atoms with Gasteiger partial charge in [-0.2, -0.15) is 0 Å². The summed E-state index contributed by atoms with van der Waals surface area (Å²) in [6, 6.07) is 13.5. The molecule has 0 spiro atoms. The average molecular weight is 405 g/mol. The summed E-state index contributed by atoms with van der Waals surface area (Å²) in [6.07, 6.45) is 1.52. The first-order valence-corrected chi connectivity index (χ1v) is 9.30. The van der Waals surface area contributed by atoms with Gasteiger partial charge in [0.25, 0.3) is 5.91 Å². The number of carbonyl (C=O) groups excluding carboxylic acids is 1. The SMILES string of the molecule is COc1ccc(C2c3c(oc4ccc(F)cc4c3=O)C(=O)N2Cc2ccco2)cc1. The molecule has 1 unspecified atom stereocenters. The van der Waals surface area contributed by atoms with Crippen LogP contribution < -0.4 is 10.2 Å². The zero-order valence-corrected chi connectivity index (χ0v) is 15.9. The van der Waals surface area contributed by atoms with E-state index in [1.807, 2.05) is 0 Å². The molecule has 0 aliphatic carbocycles. The summed E-state index contributed by atoms with van der Waals surface area (Å²) < 4.78 is 30.2. The number of halogens is 1. The number of fused-ring (bicyclic) bond motifs is 2. The summed E-state index contributed by atoms with van der Waals surface area (Å²) in [5.41, 5.74) is 0.635. The molecule has 0 saturated heterocycles. The Morgan fingerprint density at radius 3 is 2.60 bits per heavy atom. The third-order valence-corrected chi connectivity index (χ3v) is 5.27. The molecule has 1 atom stereocenters. The fraction of sp³-hybridized carbons (Fsp3) is 0.130. The largest absolute Gasteiger partial charge is 0.497 e. The van der Waals surface area contributed by atoms with Crippen molar-refractivity contribution in [1.29, 1.82) is 0 Å². The fourth-order valence-electron chi connectivity index (χ4n) is 3.86. The van der Waals surface area contributed by atoms with Crippen LogP contribution in [0.2, 0.25) is 0 Å². The highest BCUT2D eigenvalue weighted by molar-refractivity contribution is 5.99. The van der Waals surface area contributed by atoms with Crippen molar-refractivity contribution in [1.82, 2.24) is 4.90 Å². The molecule has 30 heavy (non-hydrogen) atoms. The maximum Gasteiger partial charge on any atom is 0.291 e. The molecule has 1 aliphatic rings. The van der Waals surface area contributed by atoms with Crippen LogP contribution in [0.3, 0.4) is 0 Å². The Hall–Kier alpha value is -3.87. The van der Waals surface area contributed by atoms with Gasteiger partial charge in [0.15, 0.2) is 5.43 Å². The van der Waals surface area contributed by atoms with E-state index in [1.54, 1.807) is 43.5 Å². The molecule has 5 rings (SSSR count). The lowest BCUT2D eigenvalue weighted by Crippen LogP contribution is -2.29. The zero-order chi connectivity index (χ0) is 20.8. The number of carbonyl (C=O) groups is 1. The minimum Gasteiger partial charge on any atom is -0.497 e. The van der Waals surface area contributed by atoms with Gasteiger partial charge in [0.05, 0.1) is 36.9 Å². The molecule has 2 aromatic heterocycles. The van der Waals surface area contributed by atoms with E-state index in [2.05, 4.69) is 0 Å². The van der Waals surface area contributed by atoms with Crippen molar-refractivity contribution in [2.24, 2.45) is 0 Å². The molecule has 0 N–H and O–H groups in total. The lowest BCUT2D eigenvalue weighted by atomic mass is 9.98. The Kier molecular flexibility index (Phi) is 4.17. The van der Waals surface area contributed by atoms with Crippen LogP contribution in [0.15, 0.2) is 74.5 Å². The second-order valence-corrected chi connectivity index (χ2v) is 7.00. The Morgan fingerprint density at radius 2 is 1.90 bits per heavy atom. The lowest BCUT2D eigenvalue weighted by molar-refractivity contribution is 0.0701. The summed E-state index contributed by atoms with van der Waals surface area (Å²) in [5, 5.41) is 0.0971. The third-order valence-electron chi connectivity index (χ3n) is 5.27. The van der Waals surface area contributed by atoms with Gasteiger partial charge >= 0.3 is 0 Å². The van der Waals surface area contributed by atoms with E-state index < -0.39 is 23.2 Å². The van der Waals surface area contributed by atoms with Gasteiger partial charge in [-0.05, 0) is 48.0 Å². The number of rotatable bonds is 4. The molecule has 0 bridgehead atoms. The number of ether oxygens (including phenoxy) is 1. The van der Waals surface area contributed by atoms with E-state index in [-0.39, 0.29) is 28.8 Å². The van der Waals surface area contributed by atoms with Gasteiger partial charge in [-0.15, -0.1) is 0 Å². The second-order valence-electron chi connectivity index (χ2n) is 7.00. The molecular weight excluding hydrogens is 389 g/mol. The number of amides is 1. The Labute approximate surface area is 170 Å². The van der Waals surface area contributed by atoms with Crippen LogP contribution in [0.1, 0.15) is 33.5 Å². The summed E-state index contributed by atoms with van der Waals surface area (Å²) in [5.74, 6) is 0.204. The first-order chi connectivity index (χ1) is 14.6. The van der Waals surface area contributed by atoms with Crippen LogP contribution in [0.5, 0.6) is 5.75 Å². The Balaban J connectivity index is 1.73. The zero-order valence-electron chi connectivity index (χ0n) is 15.9. The summed E-state index contributed by atoms with van der Waals surface area (Å²) in [4.78, 5) is 28.1. The maximum atomic E-state index is 13.8. The highest BCUT2D eigenvalue weighted by atomic mass is 19.1. The van der Waals surface area contributed by atoms with Crippen molar-refractivity contribution in [3.05, 3.63) is 99.5 Å². The number of hydrogen-bond acceptors (Lipinski definition) is 5. The van der Waals surface area contributed by atoms with Crippen molar-refractivity contribution in [2.75, 3.05) is 7.11 Å². The van der Waals surface area contributed by atoms with Gasteiger partial charge in [0.2, 0.25) is 5.76 Å². The number of nitrogens with zero attached hydrogens (tertiary/aromatic N) is 1. The third kappa shape index (κ3) is 2.78. The second kappa shape index (κ2) is 6.88. The van der Waals surface area contributed by atoms with E-state index in [1.165, 1.54) is 23.3 Å². The number of benzene rings is 2. The molecule has 4 aromatic rings. The van der Waals surface area contributed by atoms with E-state index in [0.29, 0.717) is 17.1 Å². The minimum absolute atomic E-state index is 0.0357. The molecule has 150 valence electrons. The number of methoxy groups -OCH3 is 1. The van der Waals surface area contributed by atoms with Crippen molar-refractivity contribution < 1.29 is 22.8 Å². The van der Waals surface area contributed by atoms with Gasteiger partial charge in [-0.25, -0.2) is 4.39 Å². The van der Waals surface area contributed by atoms with Crippen LogP contribution in [0.25, 0.3) is 11.0 Å². The monoisotopic (exact) mass is 405 g/mol. The normalized spacial score (nSPS) is 15.6. The average Bonchev–Trinajstić information content (AvgIpc) is 3.37. The van der Waals surface area contributed by atoms with Gasteiger partial charge in [0.1, 0.15) is 22.9 Å². The summed E-state index contributed by atoms with van der Waals surface area (Å²) in [7, 11) is 1.56. The number of hydrogen-bond donors (Lipinski definition) is 0. The van der Waals surface area contributed by atoms with E-state index in [9.17, 15) is 14.0 Å². The molecule has 0 saturated carbocycles. The molecular formula is C23H16FNO5. The van der Waals surface area contributed by atoms with Gasteiger partial charge < -0.3 is 18.5 Å². The summed E-state index contributed by atoms with van der Waals surface area (Å²) in [6.45, 7) is 0.150. The maximum absolute atomic E-state index is 13.8. The number of furan rings is 1. The predicted octanol–water partition coefficient (Wildman–Crippen LogP) is 4.28. The highest BCUT2D eigenvalue weighted by Crippen LogP contribution is 2.39. The van der Waals surface area contributed by atoms with Crippen molar-refractivity contribution in [3.8, 4) is 5.75 Å². The molecule has 1 aliphatic heterocycles. The smallest absolute Gasteiger partial charge is 0.291 e. The van der Waals surface area contributed by atoms with E-state index in [0.717, 1.165) is 6.07 Å². The van der Waals surface area contributed by atoms with Crippen molar-refractivity contribution in [2.45, 2.75) is 12.6 Å². The standard InChI is InChI=1S/C23H16FNO5/c1-28-15-7-4-13(5-8-15)20-19-21(26)17-11-14(24)6-9-18(17)30-22(19)23(27)25(20)12-16-3-2-10-29-16/h2-11,20H,12H2,1H3. The van der Waals surface area contributed by atoms with Crippen LogP contribution in [-0.2, 0) is 6.54 Å². The van der Waals surface area contributed by atoms with Gasteiger partial charge in [-0.3, -0.25) is 9.59 Å². The Bertz CT molecular complexity index is 1310. The van der Waals surface area contributed by atoms with E-state index >= 15 is 0 Å². The topological polar surface area (TPSA) is 72.9 Å². The molecule has 7 heteroatoms. The first-order valence-electron chi connectivity index (χ1n) is 9.30. The lowest BCUT2D eigenvalue weighted by Gasteiger charge is -2.24. The van der Waals surface area contributed by atoms with Gasteiger partial charge in [-0.1, -0.05) is 12.1 Å². The predicted molar refractivity (Wildman–Crippen MR) is 106 cm³/mol. The molecule has 1 amide bonds. The highest BCUT2D eigenvalue weighted by Gasteiger charge is 2.43. The Morgan fingerprint density at radius 1 is 1.10 bits per heavy atom. The van der Waals surface area contributed by atoms with Crippen LogP contribution in [-0.4, -0.2) is 17.9 Å². The molecule has 2 aromatic carbocycles. The van der Waals surface area contributed by atoms with Crippen LogP contribution >= 0.6 is 0 Å². The first kappa shape index (κ1) is 18.2. The van der Waals surface area contributed by atoms with Crippen LogP contribution in [0.4, 0.5) is 4.39 Å². The molecule has 0 fully saturated rings. The van der Waals surface area contributed by atoms with Crippen molar-refractivity contribution >= 4 is 16.9 Å².